The lowest BCUT2D eigenvalue weighted by molar-refractivity contribution is -0.139. The number of ketones is 2. The number of carbonyl (C=O) groups excluding carboxylic acids is 3. The van der Waals surface area contributed by atoms with E-state index in [-0.39, 0.29) is 36.1 Å². The van der Waals surface area contributed by atoms with Crippen molar-refractivity contribution in [1.29, 1.82) is 0 Å². The summed E-state index contributed by atoms with van der Waals surface area (Å²) in [5.41, 5.74) is 2.01. The highest BCUT2D eigenvalue weighted by Gasteiger charge is 2.56. The zero-order valence-electron chi connectivity index (χ0n) is 18.9. The lowest BCUT2D eigenvalue weighted by atomic mass is 10.00. The van der Waals surface area contributed by atoms with Crippen molar-refractivity contribution in [3.05, 3.63) is 58.9 Å². The first-order valence-corrected chi connectivity index (χ1v) is 12.2. The third-order valence-electron chi connectivity index (χ3n) is 7.55. The number of piperidine rings is 1. The van der Waals surface area contributed by atoms with Gasteiger partial charge in [-0.2, -0.15) is 5.10 Å². The predicted molar refractivity (Wildman–Crippen MR) is 127 cm³/mol. The van der Waals surface area contributed by atoms with Crippen LogP contribution in [0.5, 0.6) is 0 Å². The molecule has 1 saturated heterocycles. The van der Waals surface area contributed by atoms with Crippen LogP contribution in [0.25, 0.3) is 11.0 Å². The molecule has 6 rings (SSSR count). The van der Waals surface area contributed by atoms with Crippen molar-refractivity contribution in [1.82, 2.24) is 19.7 Å². The fourth-order valence-corrected chi connectivity index (χ4v) is 5.90. The Morgan fingerprint density at radius 1 is 1.12 bits per heavy atom. The van der Waals surface area contributed by atoms with Crippen molar-refractivity contribution in [2.45, 2.75) is 57.2 Å². The van der Waals surface area contributed by atoms with E-state index in [4.69, 9.17) is 11.6 Å². The molecule has 2 aliphatic carbocycles. The minimum atomic E-state index is -0.362. The molecule has 3 aromatic rings. The third-order valence-corrected chi connectivity index (χ3v) is 7.79. The van der Waals surface area contributed by atoms with Gasteiger partial charge in [-0.25, -0.2) is 9.67 Å². The summed E-state index contributed by atoms with van der Waals surface area (Å²) in [6.45, 7) is 1.43. The van der Waals surface area contributed by atoms with Crippen molar-refractivity contribution in [3.63, 3.8) is 0 Å². The number of fused-ring (bicyclic) bond motifs is 2. The maximum atomic E-state index is 13.4. The van der Waals surface area contributed by atoms with Crippen molar-refractivity contribution < 1.29 is 14.4 Å². The lowest BCUT2D eigenvalue weighted by Gasteiger charge is -2.27. The second-order valence-corrected chi connectivity index (χ2v) is 10.3. The van der Waals surface area contributed by atoms with Gasteiger partial charge in [0.1, 0.15) is 12.2 Å². The summed E-state index contributed by atoms with van der Waals surface area (Å²) < 4.78 is 1.50. The highest BCUT2D eigenvalue weighted by molar-refractivity contribution is 6.30. The van der Waals surface area contributed by atoms with Gasteiger partial charge in [0.05, 0.1) is 11.4 Å². The molecule has 174 valence electrons. The molecule has 8 heteroatoms. The molecule has 3 heterocycles. The number of halogens is 1. The standard InChI is InChI=1S/C26H25ClN4O3/c1-14(32)25-19-6-3-7-28-26(19)30(29-25)13-24(34)31-21-10-17(21)11-22(31)23(33)12-16-9-20(16)15-4-2-5-18(27)8-15/h2-8,16-17,20-22H,9-13H2,1H3/t16-,17+,20-,21+,22-/m0/s1. The highest BCUT2D eigenvalue weighted by Crippen LogP contribution is 2.52. The summed E-state index contributed by atoms with van der Waals surface area (Å²) in [6, 6.07) is 11.2. The molecule has 1 aromatic carbocycles. The summed E-state index contributed by atoms with van der Waals surface area (Å²) in [5, 5.41) is 5.74. The molecule has 0 spiro atoms. The van der Waals surface area contributed by atoms with Crippen molar-refractivity contribution in [2.24, 2.45) is 11.8 Å². The number of rotatable bonds is 7. The minimum absolute atomic E-state index is 0.0254. The summed E-state index contributed by atoms with van der Waals surface area (Å²) in [6.07, 6.45) is 4.81. The van der Waals surface area contributed by atoms with E-state index in [9.17, 15) is 14.4 Å². The number of hydrogen-bond donors (Lipinski definition) is 0. The average Bonchev–Trinajstić information content (AvgIpc) is 3.69. The second kappa shape index (κ2) is 8.01. The Balaban J connectivity index is 1.17. The van der Waals surface area contributed by atoms with Crippen LogP contribution in [0.15, 0.2) is 42.6 Å². The van der Waals surface area contributed by atoms with E-state index in [1.807, 2.05) is 18.2 Å². The Kier molecular flexibility index (Phi) is 5.06. The van der Waals surface area contributed by atoms with Gasteiger partial charge in [-0.1, -0.05) is 23.7 Å². The molecular weight excluding hydrogens is 452 g/mol. The van der Waals surface area contributed by atoms with Gasteiger partial charge in [-0.3, -0.25) is 14.4 Å². The third kappa shape index (κ3) is 3.72. The van der Waals surface area contributed by atoms with Gasteiger partial charge in [0.15, 0.2) is 17.2 Å². The number of Topliss-reactive ketones (excluding diaryl/α,β-unsaturated/α-hetero) is 2. The van der Waals surface area contributed by atoms with E-state index >= 15 is 0 Å². The molecule has 0 bridgehead atoms. The van der Waals surface area contributed by atoms with Gasteiger partial charge >= 0.3 is 0 Å². The Labute approximate surface area is 202 Å². The largest absolute Gasteiger partial charge is 0.328 e. The smallest absolute Gasteiger partial charge is 0.245 e. The van der Waals surface area contributed by atoms with Crippen molar-refractivity contribution in [2.75, 3.05) is 0 Å². The van der Waals surface area contributed by atoms with Gasteiger partial charge in [-0.15, -0.1) is 0 Å². The molecular formula is C26H25ClN4O3. The van der Waals surface area contributed by atoms with E-state index in [1.54, 1.807) is 23.2 Å². The number of pyridine rings is 1. The first-order valence-electron chi connectivity index (χ1n) is 11.8. The Morgan fingerprint density at radius 3 is 2.76 bits per heavy atom. The topological polar surface area (TPSA) is 85.2 Å². The fraction of sp³-hybridized carbons (Fsp3) is 0.423. The van der Waals surface area contributed by atoms with Crippen LogP contribution >= 0.6 is 11.6 Å². The number of nitrogens with zero attached hydrogens (tertiary/aromatic N) is 4. The monoisotopic (exact) mass is 476 g/mol. The van der Waals surface area contributed by atoms with Gasteiger partial charge in [0.25, 0.3) is 0 Å². The zero-order valence-corrected chi connectivity index (χ0v) is 19.6. The highest BCUT2D eigenvalue weighted by atomic mass is 35.5. The molecule has 3 fully saturated rings. The van der Waals surface area contributed by atoms with Gasteiger partial charge in [-0.05, 0) is 66.8 Å². The van der Waals surface area contributed by atoms with Gasteiger partial charge < -0.3 is 4.90 Å². The maximum Gasteiger partial charge on any atom is 0.245 e. The Morgan fingerprint density at radius 2 is 1.97 bits per heavy atom. The normalized spacial score (nSPS) is 27.0. The predicted octanol–water partition coefficient (Wildman–Crippen LogP) is 4.04. The Bertz CT molecular complexity index is 1330. The lowest BCUT2D eigenvalue weighted by Crippen LogP contribution is -2.44. The molecule has 3 aliphatic rings. The first-order chi connectivity index (χ1) is 16.4. The zero-order chi connectivity index (χ0) is 23.6. The number of likely N-dealkylation sites (tertiary alicyclic amines) is 1. The molecule has 2 saturated carbocycles. The van der Waals surface area contributed by atoms with E-state index in [2.05, 4.69) is 16.1 Å². The van der Waals surface area contributed by atoms with E-state index < -0.39 is 0 Å². The van der Waals surface area contributed by atoms with Crippen LogP contribution in [0.4, 0.5) is 0 Å². The molecule has 7 nitrogen and oxygen atoms in total. The average molecular weight is 477 g/mol. The Hall–Kier alpha value is -3.06. The van der Waals surface area contributed by atoms with Gasteiger partial charge in [0.2, 0.25) is 5.91 Å². The minimum Gasteiger partial charge on any atom is -0.328 e. The molecule has 1 amide bonds. The van der Waals surface area contributed by atoms with E-state index in [1.165, 1.54) is 17.2 Å². The number of hydrogen-bond acceptors (Lipinski definition) is 5. The van der Waals surface area contributed by atoms with Gasteiger partial charge in [0, 0.05) is 30.6 Å². The van der Waals surface area contributed by atoms with Crippen LogP contribution in [0.3, 0.4) is 0 Å². The first kappa shape index (κ1) is 21.5. The van der Waals surface area contributed by atoms with Crippen molar-refractivity contribution >= 4 is 40.1 Å². The maximum absolute atomic E-state index is 13.4. The van der Waals surface area contributed by atoms with Crippen LogP contribution in [0.2, 0.25) is 5.02 Å². The number of aromatic nitrogens is 3. The summed E-state index contributed by atoms with van der Waals surface area (Å²) in [5.74, 6) is 0.964. The molecule has 5 atom stereocenters. The van der Waals surface area contributed by atoms with Crippen LogP contribution < -0.4 is 0 Å². The fourth-order valence-electron chi connectivity index (χ4n) is 5.71. The number of amides is 1. The van der Waals surface area contributed by atoms with E-state index in [0.29, 0.717) is 40.9 Å². The molecule has 1 aliphatic heterocycles. The number of benzene rings is 1. The molecule has 0 N–H and O–H groups in total. The molecule has 0 unspecified atom stereocenters. The van der Waals surface area contributed by atoms with Crippen LogP contribution in [0, 0.1) is 11.8 Å². The quantitative estimate of drug-likeness (QED) is 0.480. The molecule has 0 radical (unpaired) electrons. The molecule has 34 heavy (non-hydrogen) atoms. The van der Waals surface area contributed by atoms with E-state index in [0.717, 1.165) is 24.3 Å². The summed E-state index contributed by atoms with van der Waals surface area (Å²) >= 11 is 6.13. The van der Waals surface area contributed by atoms with Crippen LogP contribution in [-0.4, -0.2) is 49.2 Å². The molecule has 2 aromatic heterocycles. The second-order valence-electron chi connectivity index (χ2n) is 9.88. The van der Waals surface area contributed by atoms with Crippen molar-refractivity contribution in [3.8, 4) is 0 Å². The van der Waals surface area contributed by atoms with Crippen LogP contribution in [-0.2, 0) is 16.1 Å². The SMILES string of the molecule is CC(=O)c1nn(CC(=O)N2[C@@H]3C[C@@H]3C[C@H]2C(=O)C[C@@H]2C[C@H]2c2cccc(Cl)c2)c2ncccc12. The number of carbonyl (C=O) groups is 3. The summed E-state index contributed by atoms with van der Waals surface area (Å²) in [7, 11) is 0. The van der Waals surface area contributed by atoms with Crippen LogP contribution in [0.1, 0.15) is 54.6 Å². The summed E-state index contributed by atoms with van der Waals surface area (Å²) in [4.78, 5) is 44.8.